The topological polar surface area (TPSA) is 73.4 Å². The van der Waals surface area contributed by atoms with Crippen LogP contribution in [0.3, 0.4) is 0 Å². The van der Waals surface area contributed by atoms with E-state index in [1.807, 2.05) is 35.8 Å². The second kappa shape index (κ2) is 8.50. The Bertz CT molecular complexity index is 480. The van der Waals surface area contributed by atoms with Crippen LogP contribution in [0.5, 0.6) is 0 Å². The summed E-state index contributed by atoms with van der Waals surface area (Å²) in [7, 11) is 0. The molecule has 3 unspecified atom stereocenters. The Morgan fingerprint density at radius 2 is 2.32 bits per heavy atom. The molecular formula is C15H27ClN4O2. The number of halogens is 1. The van der Waals surface area contributed by atoms with E-state index in [2.05, 4.69) is 12.0 Å². The van der Waals surface area contributed by atoms with Crippen LogP contribution in [0.1, 0.15) is 25.8 Å². The summed E-state index contributed by atoms with van der Waals surface area (Å²) < 4.78 is 7.61. The Labute approximate surface area is 138 Å². The van der Waals surface area contributed by atoms with Crippen molar-refractivity contribution in [3.05, 3.63) is 18.0 Å². The largest absolute Gasteiger partial charge is 0.373 e. The van der Waals surface area contributed by atoms with E-state index in [1.54, 1.807) is 0 Å². The molecule has 2 rings (SSSR count). The van der Waals surface area contributed by atoms with Gasteiger partial charge in [-0.2, -0.15) is 5.10 Å². The van der Waals surface area contributed by atoms with Crippen molar-refractivity contribution < 1.29 is 9.53 Å². The molecular weight excluding hydrogens is 304 g/mol. The van der Waals surface area contributed by atoms with Crippen molar-refractivity contribution in [2.45, 2.75) is 45.9 Å². The van der Waals surface area contributed by atoms with Gasteiger partial charge in [-0.25, -0.2) is 0 Å². The molecule has 0 radical (unpaired) electrons. The summed E-state index contributed by atoms with van der Waals surface area (Å²) in [6.45, 7) is 8.51. The highest BCUT2D eigenvalue weighted by atomic mass is 35.5. The molecule has 3 atom stereocenters. The van der Waals surface area contributed by atoms with Gasteiger partial charge in [0.25, 0.3) is 0 Å². The lowest BCUT2D eigenvalue weighted by Crippen LogP contribution is -2.53. The van der Waals surface area contributed by atoms with E-state index in [4.69, 9.17) is 10.5 Å². The molecule has 1 aliphatic heterocycles. The highest BCUT2D eigenvalue weighted by molar-refractivity contribution is 5.85. The van der Waals surface area contributed by atoms with Crippen LogP contribution in [-0.4, -0.2) is 52.4 Å². The van der Waals surface area contributed by atoms with Gasteiger partial charge in [0.1, 0.15) is 0 Å². The number of ether oxygens (including phenoxy) is 1. The van der Waals surface area contributed by atoms with E-state index in [0.29, 0.717) is 26.2 Å². The van der Waals surface area contributed by atoms with Crippen molar-refractivity contribution in [2.24, 2.45) is 11.7 Å². The number of amides is 1. The summed E-state index contributed by atoms with van der Waals surface area (Å²) in [6.07, 6.45) is 4.69. The van der Waals surface area contributed by atoms with Crippen LogP contribution in [0.4, 0.5) is 0 Å². The SMILES string of the molecule is CCC(C)C(N)C(=O)N1CCOC(Cn2cc(C)cn2)C1.Cl. The van der Waals surface area contributed by atoms with E-state index in [1.165, 1.54) is 0 Å². The van der Waals surface area contributed by atoms with Crippen LogP contribution in [0.25, 0.3) is 0 Å². The average Bonchev–Trinajstić information content (AvgIpc) is 2.90. The van der Waals surface area contributed by atoms with Crippen molar-refractivity contribution in [1.29, 1.82) is 0 Å². The van der Waals surface area contributed by atoms with Crippen LogP contribution in [0.2, 0.25) is 0 Å². The minimum atomic E-state index is -0.416. The Morgan fingerprint density at radius 3 is 2.91 bits per heavy atom. The third-order valence-corrected chi connectivity index (χ3v) is 4.15. The molecule has 1 aromatic heterocycles. The fourth-order valence-corrected chi connectivity index (χ4v) is 2.51. The molecule has 1 aromatic rings. The maximum Gasteiger partial charge on any atom is 0.239 e. The predicted octanol–water partition coefficient (Wildman–Crippen LogP) is 1.21. The predicted molar refractivity (Wildman–Crippen MR) is 88.0 cm³/mol. The molecule has 22 heavy (non-hydrogen) atoms. The summed E-state index contributed by atoms with van der Waals surface area (Å²) >= 11 is 0. The molecule has 2 N–H and O–H groups in total. The zero-order valence-corrected chi connectivity index (χ0v) is 14.4. The Balaban J connectivity index is 0.00000242. The first-order valence-corrected chi connectivity index (χ1v) is 7.66. The molecule has 1 amide bonds. The number of carbonyl (C=O) groups is 1. The first kappa shape index (κ1) is 18.9. The number of hydrogen-bond donors (Lipinski definition) is 1. The number of nitrogens with two attached hydrogens (primary N) is 1. The van der Waals surface area contributed by atoms with Gasteiger partial charge in [0.15, 0.2) is 0 Å². The lowest BCUT2D eigenvalue weighted by Gasteiger charge is -2.35. The summed E-state index contributed by atoms with van der Waals surface area (Å²) in [4.78, 5) is 14.3. The van der Waals surface area contributed by atoms with Gasteiger partial charge in [0.05, 0.1) is 31.5 Å². The summed E-state index contributed by atoms with van der Waals surface area (Å²) in [6, 6.07) is -0.416. The third-order valence-electron chi connectivity index (χ3n) is 4.15. The van der Waals surface area contributed by atoms with Crippen LogP contribution >= 0.6 is 12.4 Å². The normalized spacial score (nSPS) is 21.1. The van der Waals surface area contributed by atoms with Gasteiger partial charge in [-0.05, 0) is 18.4 Å². The average molecular weight is 331 g/mol. The number of rotatable bonds is 5. The summed E-state index contributed by atoms with van der Waals surface area (Å²) in [5, 5.41) is 4.26. The Morgan fingerprint density at radius 1 is 1.59 bits per heavy atom. The lowest BCUT2D eigenvalue weighted by molar-refractivity contribution is -0.141. The molecule has 0 bridgehead atoms. The zero-order chi connectivity index (χ0) is 15.4. The van der Waals surface area contributed by atoms with Crippen molar-refractivity contribution in [3.8, 4) is 0 Å². The molecule has 6 nitrogen and oxygen atoms in total. The van der Waals surface area contributed by atoms with Gasteiger partial charge in [-0.1, -0.05) is 20.3 Å². The van der Waals surface area contributed by atoms with Gasteiger partial charge in [-0.3, -0.25) is 9.48 Å². The molecule has 2 heterocycles. The molecule has 1 fully saturated rings. The minimum Gasteiger partial charge on any atom is -0.373 e. The van der Waals surface area contributed by atoms with Gasteiger partial charge >= 0.3 is 0 Å². The summed E-state index contributed by atoms with van der Waals surface area (Å²) in [5.74, 6) is 0.238. The van der Waals surface area contributed by atoms with Gasteiger partial charge in [-0.15, -0.1) is 12.4 Å². The lowest BCUT2D eigenvalue weighted by atomic mass is 9.98. The molecule has 1 saturated heterocycles. The monoisotopic (exact) mass is 330 g/mol. The van der Waals surface area contributed by atoms with E-state index < -0.39 is 6.04 Å². The maximum absolute atomic E-state index is 12.4. The Kier molecular flexibility index (Phi) is 7.32. The molecule has 7 heteroatoms. The van der Waals surface area contributed by atoms with Crippen molar-refractivity contribution >= 4 is 18.3 Å². The van der Waals surface area contributed by atoms with Gasteiger partial charge < -0.3 is 15.4 Å². The van der Waals surface area contributed by atoms with Gasteiger partial charge in [0.2, 0.25) is 5.91 Å². The van der Waals surface area contributed by atoms with Crippen molar-refractivity contribution in [2.75, 3.05) is 19.7 Å². The molecule has 0 saturated carbocycles. The van der Waals surface area contributed by atoms with E-state index in [-0.39, 0.29) is 30.3 Å². The number of aromatic nitrogens is 2. The van der Waals surface area contributed by atoms with E-state index >= 15 is 0 Å². The molecule has 1 aliphatic rings. The fourth-order valence-electron chi connectivity index (χ4n) is 2.51. The molecule has 126 valence electrons. The van der Waals surface area contributed by atoms with Crippen LogP contribution in [-0.2, 0) is 16.1 Å². The molecule has 0 aliphatic carbocycles. The second-order valence-electron chi connectivity index (χ2n) is 5.93. The van der Waals surface area contributed by atoms with E-state index in [0.717, 1.165) is 12.0 Å². The van der Waals surface area contributed by atoms with Gasteiger partial charge in [0, 0.05) is 19.3 Å². The number of nitrogens with zero attached hydrogens (tertiary/aromatic N) is 3. The fraction of sp³-hybridized carbons (Fsp3) is 0.733. The molecule has 0 spiro atoms. The highest BCUT2D eigenvalue weighted by Gasteiger charge is 2.29. The minimum absolute atomic E-state index is 0. The highest BCUT2D eigenvalue weighted by Crippen LogP contribution is 2.13. The Hall–Kier alpha value is -1.11. The standard InChI is InChI=1S/C15H26N4O2.ClH/c1-4-12(3)14(16)15(20)18-5-6-21-13(9-18)10-19-8-11(2)7-17-19;/h7-8,12-14H,4-6,9-10,16H2,1-3H3;1H. The quantitative estimate of drug-likeness (QED) is 0.880. The van der Waals surface area contributed by atoms with Crippen LogP contribution < -0.4 is 5.73 Å². The number of aryl methyl sites for hydroxylation is 1. The van der Waals surface area contributed by atoms with Crippen molar-refractivity contribution in [1.82, 2.24) is 14.7 Å². The zero-order valence-electron chi connectivity index (χ0n) is 13.6. The first-order valence-electron chi connectivity index (χ1n) is 7.66. The molecule has 0 aromatic carbocycles. The number of hydrogen-bond acceptors (Lipinski definition) is 4. The number of carbonyl (C=O) groups excluding carboxylic acids is 1. The second-order valence-corrected chi connectivity index (χ2v) is 5.93. The first-order chi connectivity index (χ1) is 10.0. The van der Waals surface area contributed by atoms with Crippen LogP contribution in [0, 0.1) is 12.8 Å². The third kappa shape index (κ3) is 4.69. The maximum atomic E-state index is 12.4. The number of morpholine rings is 1. The smallest absolute Gasteiger partial charge is 0.239 e. The van der Waals surface area contributed by atoms with Crippen molar-refractivity contribution in [3.63, 3.8) is 0 Å². The summed E-state index contributed by atoms with van der Waals surface area (Å²) in [5.41, 5.74) is 7.18. The van der Waals surface area contributed by atoms with Crippen LogP contribution in [0.15, 0.2) is 12.4 Å². The van der Waals surface area contributed by atoms with E-state index in [9.17, 15) is 4.79 Å².